The van der Waals surface area contributed by atoms with E-state index >= 15 is 0 Å². The van der Waals surface area contributed by atoms with Gasteiger partial charge in [-0.15, -0.1) is 10.2 Å². The maximum Gasteiger partial charge on any atom is 0.219 e. The molecule has 8 nitrogen and oxygen atoms in total. The molecule has 1 amide bonds. The molecule has 0 radical (unpaired) electrons. The Hall–Kier alpha value is -2.64. The van der Waals surface area contributed by atoms with Crippen molar-refractivity contribution in [3.63, 3.8) is 0 Å². The van der Waals surface area contributed by atoms with E-state index in [-0.39, 0.29) is 6.42 Å². The third-order valence-electron chi connectivity index (χ3n) is 2.65. The standard InChI is InChI=1S/C12H15N5O3/c1-19-9-4-3-8(7-10(9)20-2)12-14-16-17(15-12)6-5-11(13)18/h3-4,7H,5-6H2,1-2H3,(H2,13,18). The third-order valence-corrected chi connectivity index (χ3v) is 2.65. The number of ether oxygens (including phenoxy) is 2. The molecule has 0 unspecified atom stereocenters. The predicted octanol–water partition coefficient (Wildman–Crippen LogP) is 0.233. The number of aromatic nitrogens is 4. The number of primary amides is 1. The number of tetrazole rings is 1. The second-order valence-corrected chi connectivity index (χ2v) is 4.00. The van der Waals surface area contributed by atoms with Crippen molar-refractivity contribution in [2.45, 2.75) is 13.0 Å². The zero-order valence-electron chi connectivity index (χ0n) is 11.2. The molecular formula is C12H15N5O3. The first-order valence-electron chi connectivity index (χ1n) is 5.92. The summed E-state index contributed by atoms with van der Waals surface area (Å²) in [7, 11) is 3.12. The van der Waals surface area contributed by atoms with Gasteiger partial charge in [-0.05, 0) is 23.4 Å². The van der Waals surface area contributed by atoms with E-state index in [1.165, 1.54) is 4.80 Å². The Morgan fingerprint density at radius 1 is 1.30 bits per heavy atom. The first-order chi connectivity index (χ1) is 9.63. The zero-order valence-corrected chi connectivity index (χ0v) is 11.2. The number of amides is 1. The van der Waals surface area contributed by atoms with Crippen LogP contribution in [0.1, 0.15) is 6.42 Å². The van der Waals surface area contributed by atoms with Crippen LogP contribution in [-0.2, 0) is 11.3 Å². The van der Waals surface area contributed by atoms with Crippen LogP contribution >= 0.6 is 0 Å². The summed E-state index contributed by atoms with van der Waals surface area (Å²) in [4.78, 5) is 12.0. The van der Waals surface area contributed by atoms with Crippen molar-refractivity contribution >= 4 is 5.91 Å². The van der Waals surface area contributed by atoms with E-state index < -0.39 is 5.91 Å². The van der Waals surface area contributed by atoms with Gasteiger partial charge < -0.3 is 15.2 Å². The molecule has 1 aromatic heterocycles. The number of nitrogens with two attached hydrogens (primary N) is 1. The van der Waals surface area contributed by atoms with E-state index in [9.17, 15) is 4.79 Å². The molecule has 8 heteroatoms. The largest absolute Gasteiger partial charge is 0.493 e. The van der Waals surface area contributed by atoms with Gasteiger partial charge >= 0.3 is 0 Å². The summed E-state index contributed by atoms with van der Waals surface area (Å²) < 4.78 is 10.4. The molecule has 2 N–H and O–H groups in total. The molecule has 0 saturated heterocycles. The Morgan fingerprint density at radius 3 is 2.70 bits per heavy atom. The molecule has 0 bridgehead atoms. The Labute approximate surface area is 115 Å². The maximum atomic E-state index is 10.7. The molecule has 0 atom stereocenters. The topological polar surface area (TPSA) is 105 Å². The average molecular weight is 277 g/mol. The molecule has 0 aliphatic rings. The Morgan fingerprint density at radius 2 is 2.05 bits per heavy atom. The molecule has 0 saturated carbocycles. The van der Waals surface area contributed by atoms with Crippen LogP contribution in [0.25, 0.3) is 11.4 Å². The minimum atomic E-state index is -0.407. The fourth-order valence-corrected chi connectivity index (χ4v) is 1.64. The lowest BCUT2D eigenvalue weighted by Gasteiger charge is -2.07. The summed E-state index contributed by atoms with van der Waals surface area (Å²) in [5.74, 6) is 1.24. The molecule has 0 aliphatic heterocycles. The Kier molecular flexibility index (Phi) is 4.14. The number of hydrogen-bond acceptors (Lipinski definition) is 6. The van der Waals surface area contributed by atoms with Crippen LogP contribution in [0.4, 0.5) is 0 Å². The monoisotopic (exact) mass is 277 g/mol. The Bertz CT molecular complexity index is 611. The molecule has 106 valence electrons. The van der Waals surface area contributed by atoms with Gasteiger partial charge in [0, 0.05) is 12.0 Å². The van der Waals surface area contributed by atoms with Gasteiger partial charge in [0.25, 0.3) is 0 Å². The van der Waals surface area contributed by atoms with Gasteiger partial charge in [0.1, 0.15) is 0 Å². The second kappa shape index (κ2) is 6.00. The van der Waals surface area contributed by atoms with Gasteiger partial charge in [-0.2, -0.15) is 4.80 Å². The van der Waals surface area contributed by atoms with Crippen LogP contribution in [0.2, 0.25) is 0 Å². The van der Waals surface area contributed by atoms with Gasteiger partial charge in [-0.25, -0.2) is 0 Å². The van der Waals surface area contributed by atoms with Crippen LogP contribution in [0.3, 0.4) is 0 Å². The van der Waals surface area contributed by atoms with Crippen molar-refractivity contribution < 1.29 is 14.3 Å². The lowest BCUT2D eigenvalue weighted by molar-refractivity contribution is -0.118. The lowest BCUT2D eigenvalue weighted by atomic mass is 10.2. The summed E-state index contributed by atoms with van der Waals surface area (Å²) in [5.41, 5.74) is 5.81. The number of carbonyl (C=O) groups is 1. The van der Waals surface area contributed by atoms with E-state index in [0.29, 0.717) is 23.9 Å². The molecule has 20 heavy (non-hydrogen) atoms. The highest BCUT2D eigenvalue weighted by molar-refractivity contribution is 5.73. The second-order valence-electron chi connectivity index (χ2n) is 4.00. The number of hydrogen-bond donors (Lipinski definition) is 1. The lowest BCUT2D eigenvalue weighted by Crippen LogP contribution is -2.15. The van der Waals surface area contributed by atoms with Crippen LogP contribution in [0.15, 0.2) is 18.2 Å². The van der Waals surface area contributed by atoms with E-state index in [1.54, 1.807) is 32.4 Å². The molecule has 0 spiro atoms. The van der Waals surface area contributed by atoms with Crippen molar-refractivity contribution in [1.82, 2.24) is 20.2 Å². The van der Waals surface area contributed by atoms with Gasteiger partial charge in [0.15, 0.2) is 11.5 Å². The first-order valence-corrected chi connectivity index (χ1v) is 5.92. The van der Waals surface area contributed by atoms with Crippen molar-refractivity contribution in [3.8, 4) is 22.9 Å². The zero-order chi connectivity index (χ0) is 14.5. The summed E-state index contributed by atoms with van der Waals surface area (Å²) in [6.07, 6.45) is 0.168. The number of rotatable bonds is 6. The molecule has 0 fully saturated rings. The predicted molar refractivity (Wildman–Crippen MR) is 70.2 cm³/mol. The number of methoxy groups -OCH3 is 2. The fourth-order valence-electron chi connectivity index (χ4n) is 1.64. The fraction of sp³-hybridized carbons (Fsp3) is 0.333. The van der Waals surface area contributed by atoms with Gasteiger partial charge in [0.2, 0.25) is 11.7 Å². The number of carbonyl (C=O) groups excluding carboxylic acids is 1. The molecule has 2 rings (SSSR count). The maximum absolute atomic E-state index is 10.7. The van der Waals surface area contributed by atoms with Crippen molar-refractivity contribution in [1.29, 1.82) is 0 Å². The molecule has 1 aromatic carbocycles. The number of benzene rings is 1. The van der Waals surface area contributed by atoms with Gasteiger partial charge in [-0.3, -0.25) is 4.79 Å². The number of nitrogens with zero attached hydrogens (tertiary/aromatic N) is 4. The van der Waals surface area contributed by atoms with E-state index in [0.717, 1.165) is 5.56 Å². The Balaban J connectivity index is 2.21. The highest BCUT2D eigenvalue weighted by atomic mass is 16.5. The summed E-state index contributed by atoms with van der Waals surface area (Å²) in [6, 6.07) is 5.32. The molecule has 0 aliphatic carbocycles. The average Bonchev–Trinajstić information content (AvgIpc) is 2.93. The van der Waals surface area contributed by atoms with E-state index in [2.05, 4.69) is 15.4 Å². The summed E-state index contributed by atoms with van der Waals surface area (Å²) in [6.45, 7) is 0.301. The van der Waals surface area contributed by atoms with Crippen molar-refractivity contribution in [2.75, 3.05) is 14.2 Å². The van der Waals surface area contributed by atoms with Crippen LogP contribution in [-0.4, -0.2) is 40.3 Å². The van der Waals surface area contributed by atoms with E-state index in [4.69, 9.17) is 15.2 Å². The normalized spacial score (nSPS) is 10.3. The van der Waals surface area contributed by atoms with Gasteiger partial charge in [0.05, 0.1) is 20.8 Å². The minimum absolute atomic E-state index is 0.168. The number of aryl methyl sites for hydroxylation is 1. The van der Waals surface area contributed by atoms with Crippen molar-refractivity contribution in [2.24, 2.45) is 5.73 Å². The third kappa shape index (κ3) is 3.02. The highest BCUT2D eigenvalue weighted by Gasteiger charge is 2.10. The smallest absolute Gasteiger partial charge is 0.219 e. The summed E-state index contributed by atoms with van der Waals surface area (Å²) in [5, 5.41) is 12.0. The van der Waals surface area contributed by atoms with Crippen LogP contribution in [0.5, 0.6) is 11.5 Å². The SMILES string of the molecule is COc1ccc(-c2nnn(CCC(N)=O)n2)cc1OC. The highest BCUT2D eigenvalue weighted by Crippen LogP contribution is 2.30. The minimum Gasteiger partial charge on any atom is -0.493 e. The summed E-state index contributed by atoms with van der Waals surface area (Å²) >= 11 is 0. The van der Waals surface area contributed by atoms with E-state index in [1.807, 2.05) is 0 Å². The molecule has 2 aromatic rings. The quantitative estimate of drug-likeness (QED) is 0.810. The van der Waals surface area contributed by atoms with Crippen LogP contribution in [0, 0.1) is 0 Å². The van der Waals surface area contributed by atoms with Crippen molar-refractivity contribution in [3.05, 3.63) is 18.2 Å². The van der Waals surface area contributed by atoms with Crippen LogP contribution < -0.4 is 15.2 Å². The first kappa shape index (κ1) is 13.8. The molecule has 1 heterocycles. The molecular weight excluding hydrogens is 262 g/mol. The van der Waals surface area contributed by atoms with Gasteiger partial charge in [-0.1, -0.05) is 0 Å².